The Morgan fingerprint density at radius 3 is 2.86 bits per heavy atom. The molecule has 116 valence electrons. The van der Waals surface area contributed by atoms with Gasteiger partial charge in [0.2, 0.25) is 0 Å². The molecule has 0 bridgehead atoms. The van der Waals surface area contributed by atoms with Crippen molar-refractivity contribution in [3.63, 3.8) is 0 Å². The molecule has 1 aliphatic rings. The summed E-state index contributed by atoms with van der Waals surface area (Å²) in [6, 6.07) is 6.33. The lowest BCUT2D eigenvalue weighted by atomic mass is 10.0. The van der Waals surface area contributed by atoms with E-state index in [9.17, 15) is 14.3 Å². The number of aliphatic hydroxyl groups is 1. The monoisotopic (exact) mass is 295 g/mol. The highest BCUT2D eigenvalue weighted by Gasteiger charge is 2.33. The van der Waals surface area contributed by atoms with Crippen molar-refractivity contribution in [1.29, 1.82) is 0 Å². The first-order valence-corrected chi connectivity index (χ1v) is 7.16. The van der Waals surface area contributed by atoms with Gasteiger partial charge in [-0.15, -0.1) is 0 Å². The average Bonchev–Trinajstić information content (AvgIpc) is 2.39. The van der Waals surface area contributed by atoms with Crippen LogP contribution in [0.25, 0.3) is 0 Å². The molecular weight excluding hydrogens is 273 g/mol. The third kappa shape index (κ3) is 4.59. The number of hydrogen-bond acceptors (Lipinski definition) is 4. The summed E-state index contributed by atoms with van der Waals surface area (Å²) < 4.78 is 19.3. The van der Waals surface area contributed by atoms with Crippen molar-refractivity contribution in [1.82, 2.24) is 4.90 Å². The summed E-state index contributed by atoms with van der Waals surface area (Å²) in [5, 5.41) is 9.26. The molecule has 1 aromatic rings. The van der Waals surface area contributed by atoms with Gasteiger partial charge in [-0.3, -0.25) is 9.69 Å². The zero-order chi connectivity index (χ0) is 15.5. The molecule has 0 radical (unpaired) electrons. The minimum Gasteiger partial charge on any atom is -0.394 e. The fraction of sp³-hybridized carbons (Fsp3) is 0.562. The molecule has 1 aromatic carbocycles. The molecule has 0 saturated carbocycles. The summed E-state index contributed by atoms with van der Waals surface area (Å²) in [6.07, 6.45) is -0.191. The standard InChI is InChI=1S/C16H22FNO3/c1-16(2)11-18(9-14(10-19)21-16)8-13(20)7-12-5-3-4-6-15(12)17/h3-6,14,19H,7-11H2,1-2H3. The second kappa shape index (κ2) is 6.64. The van der Waals surface area contributed by atoms with Crippen molar-refractivity contribution < 1.29 is 19.0 Å². The van der Waals surface area contributed by atoms with Gasteiger partial charge in [0.1, 0.15) is 5.82 Å². The molecule has 0 aromatic heterocycles. The fourth-order valence-corrected chi connectivity index (χ4v) is 2.79. The molecule has 0 spiro atoms. The number of Topliss-reactive ketones (excluding diaryl/α,β-unsaturated/α-hetero) is 1. The first-order valence-electron chi connectivity index (χ1n) is 7.16. The van der Waals surface area contributed by atoms with Crippen LogP contribution in [0.3, 0.4) is 0 Å². The summed E-state index contributed by atoms with van der Waals surface area (Å²) >= 11 is 0. The highest BCUT2D eigenvalue weighted by molar-refractivity contribution is 5.82. The van der Waals surface area contributed by atoms with Gasteiger partial charge in [0.15, 0.2) is 5.78 Å². The Balaban J connectivity index is 1.94. The van der Waals surface area contributed by atoms with Crippen molar-refractivity contribution in [3.05, 3.63) is 35.6 Å². The number of aliphatic hydroxyl groups excluding tert-OH is 1. The van der Waals surface area contributed by atoms with E-state index in [2.05, 4.69) is 0 Å². The molecule has 4 nitrogen and oxygen atoms in total. The number of halogens is 1. The molecule has 0 amide bonds. The number of rotatable bonds is 5. The van der Waals surface area contributed by atoms with E-state index in [1.54, 1.807) is 18.2 Å². The minimum atomic E-state index is -0.399. The molecule has 1 saturated heterocycles. The van der Waals surface area contributed by atoms with Crippen LogP contribution in [0.15, 0.2) is 24.3 Å². The van der Waals surface area contributed by atoms with Gasteiger partial charge < -0.3 is 9.84 Å². The predicted molar refractivity (Wildman–Crippen MR) is 77.6 cm³/mol. The summed E-state index contributed by atoms with van der Waals surface area (Å²) in [5.41, 5.74) is 0.0259. The fourth-order valence-electron chi connectivity index (χ4n) is 2.79. The second-order valence-electron chi connectivity index (χ2n) is 6.16. The number of morpholine rings is 1. The highest BCUT2D eigenvalue weighted by Crippen LogP contribution is 2.20. The van der Waals surface area contributed by atoms with Gasteiger partial charge in [-0.1, -0.05) is 18.2 Å². The molecule has 1 atom stereocenters. The van der Waals surface area contributed by atoms with E-state index in [-0.39, 0.29) is 37.3 Å². The van der Waals surface area contributed by atoms with Crippen LogP contribution in [-0.4, -0.2) is 53.7 Å². The largest absolute Gasteiger partial charge is 0.394 e. The van der Waals surface area contributed by atoms with Gasteiger partial charge in [0.25, 0.3) is 0 Å². The minimum absolute atomic E-state index is 0.0329. The Labute approximate surface area is 124 Å². The van der Waals surface area contributed by atoms with Crippen LogP contribution in [0.5, 0.6) is 0 Å². The van der Waals surface area contributed by atoms with Gasteiger partial charge >= 0.3 is 0 Å². The normalized spacial score (nSPS) is 22.2. The predicted octanol–water partition coefficient (Wildman–Crippen LogP) is 1.41. The topological polar surface area (TPSA) is 49.8 Å². The molecule has 1 aliphatic heterocycles. The van der Waals surface area contributed by atoms with Gasteiger partial charge in [-0.05, 0) is 25.5 Å². The summed E-state index contributed by atoms with van der Waals surface area (Å²) in [5.74, 6) is -0.379. The molecular formula is C16H22FNO3. The number of carbonyl (C=O) groups excluding carboxylic acids is 1. The van der Waals surface area contributed by atoms with Crippen molar-refractivity contribution in [2.24, 2.45) is 0 Å². The lowest BCUT2D eigenvalue weighted by Crippen LogP contribution is -2.54. The van der Waals surface area contributed by atoms with Gasteiger partial charge in [0.05, 0.1) is 24.9 Å². The number of hydrogen-bond donors (Lipinski definition) is 1. The first-order chi connectivity index (χ1) is 9.89. The van der Waals surface area contributed by atoms with Gasteiger partial charge in [-0.25, -0.2) is 4.39 Å². The number of carbonyl (C=O) groups is 1. The molecule has 1 N–H and O–H groups in total. The van der Waals surface area contributed by atoms with Gasteiger partial charge in [-0.2, -0.15) is 0 Å². The number of benzene rings is 1. The van der Waals surface area contributed by atoms with E-state index in [0.717, 1.165) is 0 Å². The molecule has 5 heteroatoms. The summed E-state index contributed by atoms with van der Waals surface area (Å²) in [7, 11) is 0. The maximum Gasteiger partial charge on any atom is 0.151 e. The zero-order valence-electron chi connectivity index (χ0n) is 12.5. The van der Waals surface area contributed by atoms with Crippen LogP contribution < -0.4 is 0 Å². The lowest BCUT2D eigenvalue weighted by molar-refractivity contribution is -0.152. The lowest BCUT2D eigenvalue weighted by Gasteiger charge is -2.42. The third-order valence-corrected chi connectivity index (χ3v) is 3.50. The van der Waals surface area contributed by atoms with Crippen molar-refractivity contribution >= 4 is 5.78 Å². The van der Waals surface area contributed by atoms with Crippen LogP contribution >= 0.6 is 0 Å². The van der Waals surface area contributed by atoms with Crippen LogP contribution in [0, 0.1) is 5.82 Å². The number of nitrogens with zero attached hydrogens (tertiary/aromatic N) is 1. The summed E-state index contributed by atoms with van der Waals surface area (Å²) in [4.78, 5) is 14.1. The van der Waals surface area contributed by atoms with E-state index < -0.39 is 5.60 Å². The first kappa shape index (κ1) is 16.1. The number of ether oxygens (including phenoxy) is 1. The quantitative estimate of drug-likeness (QED) is 0.892. The van der Waals surface area contributed by atoms with E-state index in [1.165, 1.54) is 6.07 Å². The Morgan fingerprint density at radius 1 is 1.48 bits per heavy atom. The van der Waals surface area contributed by atoms with E-state index in [4.69, 9.17) is 4.74 Å². The Bertz CT molecular complexity index is 504. The molecule has 1 unspecified atom stereocenters. The van der Waals surface area contributed by atoms with Crippen LogP contribution in [0.1, 0.15) is 19.4 Å². The van der Waals surface area contributed by atoms with Crippen molar-refractivity contribution in [2.45, 2.75) is 32.0 Å². The SMILES string of the molecule is CC1(C)CN(CC(=O)Cc2ccccc2F)CC(CO)O1. The van der Waals surface area contributed by atoms with E-state index in [1.807, 2.05) is 18.7 Å². The molecule has 1 heterocycles. The Kier molecular flexibility index (Phi) is 5.08. The Morgan fingerprint density at radius 2 is 2.19 bits per heavy atom. The molecule has 0 aliphatic carbocycles. The van der Waals surface area contributed by atoms with Crippen LogP contribution in [-0.2, 0) is 16.0 Å². The Hall–Kier alpha value is -1.30. The molecule has 2 rings (SSSR count). The maximum atomic E-state index is 13.5. The maximum absolute atomic E-state index is 13.5. The van der Waals surface area contributed by atoms with E-state index in [0.29, 0.717) is 18.7 Å². The summed E-state index contributed by atoms with van der Waals surface area (Å²) in [6.45, 7) is 5.18. The highest BCUT2D eigenvalue weighted by atomic mass is 19.1. The number of ketones is 1. The zero-order valence-corrected chi connectivity index (χ0v) is 12.5. The average molecular weight is 295 g/mol. The van der Waals surface area contributed by atoms with E-state index >= 15 is 0 Å². The van der Waals surface area contributed by atoms with Gasteiger partial charge in [0, 0.05) is 19.5 Å². The molecule has 1 fully saturated rings. The molecule has 21 heavy (non-hydrogen) atoms. The van der Waals surface area contributed by atoms with Crippen LogP contribution in [0.4, 0.5) is 4.39 Å². The van der Waals surface area contributed by atoms with Crippen molar-refractivity contribution in [2.75, 3.05) is 26.2 Å². The second-order valence-corrected chi connectivity index (χ2v) is 6.16. The van der Waals surface area contributed by atoms with Crippen LogP contribution in [0.2, 0.25) is 0 Å². The van der Waals surface area contributed by atoms with Crippen molar-refractivity contribution in [3.8, 4) is 0 Å². The third-order valence-electron chi connectivity index (χ3n) is 3.50. The smallest absolute Gasteiger partial charge is 0.151 e.